The maximum atomic E-state index is 10.8. The number of hydrogen-bond donors (Lipinski definition) is 1. The van der Waals surface area contributed by atoms with Crippen LogP contribution in [0.3, 0.4) is 0 Å². The molecule has 70 valence electrons. The Bertz CT molecular complexity index is 318. The summed E-state index contributed by atoms with van der Waals surface area (Å²) in [5.41, 5.74) is 5.12. The quantitative estimate of drug-likeness (QED) is 0.773. The van der Waals surface area contributed by atoms with Gasteiger partial charge in [-0.15, -0.1) is 11.3 Å². The molecule has 0 bridgehead atoms. The van der Waals surface area contributed by atoms with Gasteiger partial charge in [0.1, 0.15) is 16.0 Å². The van der Waals surface area contributed by atoms with Crippen molar-refractivity contribution in [1.29, 1.82) is 0 Å². The van der Waals surface area contributed by atoms with Crippen LogP contribution >= 0.6 is 11.3 Å². The monoisotopic (exact) mass is 198 g/mol. The highest BCUT2D eigenvalue weighted by Crippen LogP contribution is 2.30. The molecule has 4 nitrogen and oxygen atoms in total. The van der Waals surface area contributed by atoms with E-state index in [9.17, 15) is 4.79 Å². The summed E-state index contributed by atoms with van der Waals surface area (Å²) < 4.78 is 5.43. The Hall–Kier alpha value is -0.940. The largest absolute Gasteiger partial charge is 0.371 e. The van der Waals surface area contributed by atoms with Gasteiger partial charge in [0.25, 0.3) is 5.91 Å². The third-order valence-electron chi connectivity index (χ3n) is 1.97. The molecule has 0 radical (unpaired) electrons. The molecule has 5 heteroatoms. The molecule has 1 aromatic heterocycles. The number of aromatic nitrogens is 1. The van der Waals surface area contributed by atoms with E-state index in [0.717, 1.165) is 24.5 Å². The Morgan fingerprint density at radius 3 is 3.15 bits per heavy atom. The first-order chi connectivity index (χ1) is 6.27. The van der Waals surface area contributed by atoms with Gasteiger partial charge in [-0.3, -0.25) is 4.79 Å². The summed E-state index contributed by atoms with van der Waals surface area (Å²) in [6.07, 6.45) is 3.66. The van der Waals surface area contributed by atoms with E-state index in [1.807, 2.05) is 0 Å². The maximum Gasteiger partial charge on any atom is 0.260 e. The lowest BCUT2D eigenvalue weighted by Crippen LogP contribution is -2.08. The molecule has 0 spiro atoms. The van der Waals surface area contributed by atoms with Crippen molar-refractivity contribution in [2.75, 3.05) is 6.61 Å². The number of rotatable bonds is 2. The number of thiazole rings is 1. The summed E-state index contributed by atoms with van der Waals surface area (Å²) in [6, 6.07) is 0. The van der Waals surface area contributed by atoms with Crippen LogP contribution in [0.25, 0.3) is 0 Å². The number of nitrogens with two attached hydrogens (primary N) is 1. The topological polar surface area (TPSA) is 65.2 Å². The van der Waals surface area contributed by atoms with Crippen LogP contribution in [0.4, 0.5) is 0 Å². The zero-order chi connectivity index (χ0) is 9.26. The molecule has 1 aliphatic heterocycles. The second-order valence-corrected chi connectivity index (χ2v) is 3.99. The van der Waals surface area contributed by atoms with Crippen LogP contribution < -0.4 is 5.73 Å². The predicted molar refractivity (Wildman–Crippen MR) is 48.6 cm³/mol. The van der Waals surface area contributed by atoms with Gasteiger partial charge in [-0.25, -0.2) is 4.98 Å². The highest BCUT2D eigenvalue weighted by Gasteiger charge is 2.21. The minimum absolute atomic E-state index is 0.0816. The fraction of sp³-hybridized carbons (Fsp3) is 0.500. The maximum absolute atomic E-state index is 10.8. The van der Waals surface area contributed by atoms with Crippen molar-refractivity contribution in [3.05, 3.63) is 16.1 Å². The molecule has 1 amide bonds. The molecule has 1 atom stereocenters. The Labute approximate surface area is 79.7 Å². The number of primary amides is 1. The summed E-state index contributed by atoms with van der Waals surface area (Å²) in [5, 5.41) is 0.867. The van der Waals surface area contributed by atoms with Crippen molar-refractivity contribution < 1.29 is 9.53 Å². The van der Waals surface area contributed by atoms with E-state index < -0.39 is 5.91 Å². The van der Waals surface area contributed by atoms with Crippen LogP contribution in [-0.2, 0) is 4.74 Å². The second-order valence-electron chi connectivity index (χ2n) is 2.93. The molecule has 1 fully saturated rings. The van der Waals surface area contributed by atoms with Gasteiger partial charge in [-0.05, 0) is 12.8 Å². The Balaban J connectivity index is 2.16. The summed E-state index contributed by atoms with van der Waals surface area (Å²) in [6.45, 7) is 0.788. The van der Waals surface area contributed by atoms with E-state index in [4.69, 9.17) is 10.5 Å². The zero-order valence-electron chi connectivity index (χ0n) is 7.03. The van der Waals surface area contributed by atoms with Crippen LogP contribution in [0.15, 0.2) is 6.20 Å². The molecule has 0 aliphatic carbocycles. The van der Waals surface area contributed by atoms with Gasteiger partial charge in [0.15, 0.2) is 0 Å². The molecule has 1 aliphatic rings. The summed E-state index contributed by atoms with van der Waals surface area (Å²) in [4.78, 5) is 15.4. The molecule has 13 heavy (non-hydrogen) atoms. The van der Waals surface area contributed by atoms with Crippen LogP contribution in [0.2, 0.25) is 0 Å². The molecule has 2 heterocycles. The standard InChI is InChI=1S/C8H10N2O2S/c9-7(11)6-4-10-8(13-6)5-2-1-3-12-5/h4-5H,1-3H2,(H2,9,11). The van der Waals surface area contributed by atoms with Gasteiger partial charge in [-0.1, -0.05) is 0 Å². The zero-order valence-corrected chi connectivity index (χ0v) is 7.84. The fourth-order valence-electron chi connectivity index (χ4n) is 1.32. The number of amides is 1. The van der Waals surface area contributed by atoms with Gasteiger partial charge in [0.2, 0.25) is 0 Å². The molecule has 2 N–H and O–H groups in total. The van der Waals surface area contributed by atoms with Crippen molar-refractivity contribution in [3.8, 4) is 0 Å². The molecular weight excluding hydrogens is 188 g/mol. The minimum Gasteiger partial charge on any atom is -0.371 e. The predicted octanol–water partition coefficient (Wildman–Crippen LogP) is 1.09. The molecule has 0 saturated carbocycles. The smallest absolute Gasteiger partial charge is 0.260 e. The highest BCUT2D eigenvalue weighted by molar-refractivity contribution is 7.13. The van der Waals surface area contributed by atoms with E-state index in [2.05, 4.69) is 4.98 Å². The van der Waals surface area contributed by atoms with Crippen LogP contribution in [0.1, 0.15) is 33.6 Å². The number of hydrogen-bond acceptors (Lipinski definition) is 4. The van der Waals surface area contributed by atoms with Crippen LogP contribution in [-0.4, -0.2) is 17.5 Å². The molecular formula is C8H10N2O2S. The average molecular weight is 198 g/mol. The lowest BCUT2D eigenvalue weighted by molar-refractivity contribution is 0.100. The number of carbonyl (C=O) groups excluding carboxylic acids is 1. The normalized spacial score (nSPS) is 22.0. The van der Waals surface area contributed by atoms with Crippen molar-refractivity contribution in [1.82, 2.24) is 4.98 Å². The molecule has 0 aromatic carbocycles. The summed E-state index contributed by atoms with van der Waals surface area (Å²) in [5.74, 6) is -0.415. The van der Waals surface area contributed by atoms with Gasteiger partial charge in [-0.2, -0.15) is 0 Å². The molecule has 2 rings (SSSR count). The first-order valence-electron chi connectivity index (χ1n) is 4.14. The van der Waals surface area contributed by atoms with E-state index in [1.165, 1.54) is 17.5 Å². The van der Waals surface area contributed by atoms with Crippen molar-refractivity contribution in [2.45, 2.75) is 18.9 Å². The number of carbonyl (C=O) groups is 1. The van der Waals surface area contributed by atoms with Gasteiger partial charge >= 0.3 is 0 Å². The van der Waals surface area contributed by atoms with E-state index in [-0.39, 0.29) is 6.10 Å². The van der Waals surface area contributed by atoms with Gasteiger partial charge in [0.05, 0.1) is 6.20 Å². The Morgan fingerprint density at radius 1 is 1.77 bits per heavy atom. The van der Waals surface area contributed by atoms with Crippen LogP contribution in [0, 0.1) is 0 Å². The Morgan fingerprint density at radius 2 is 2.62 bits per heavy atom. The first kappa shape index (κ1) is 8.65. The summed E-state index contributed by atoms with van der Waals surface area (Å²) >= 11 is 1.33. The lowest BCUT2D eigenvalue weighted by atomic mass is 10.2. The fourth-order valence-corrected chi connectivity index (χ4v) is 2.18. The average Bonchev–Trinajstić information content (AvgIpc) is 2.75. The highest BCUT2D eigenvalue weighted by atomic mass is 32.1. The molecule has 1 saturated heterocycles. The van der Waals surface area contributed by atoms with Gasteiger partial charge in [0, 0.05) is 6.61 Å². The second kappa shape index (κ2) is 3.43. The van der Waals surface area contributed by atoms with Gasteiger partial charge < -0.3 is 10.5 Å². The van der Waals surface area contributed by atoms with Crippen molar-refractivity contribution in [2.24, 2.45) is 5.73 Å². The first-order valence-corrected chi connectivity index (χ1v) is 4.96. The molecule has 1 unspecified atom stereocenters. The SMILES string of the molecule is NC(=O)c1cnc(C2CCCO2)s1. The number of nitrogens with zero attached hydrogens (tertiary/aromatic N) is 1. The van der Waals surface area contributed by atoms with E-state index >= 15 is 0 Å². The van der Waals surface area contributed by atoms with E-state index in [0.29, 0.717) is 4.88 Å². The van der Waals surface area contributed by atoms with Crippen molar-refractivity contribution >= 4 is 17.2 Å². The number of ether oxygens (including phenoxy) is 1. The van der Waals surface area contributed by atoms with Crippen molar-refractivity contribution in [3.63, 3.8) is 0 Å². The molecule has 1 aromatic rings. The van der Waals surface area contributed by atoms with Crippen LogP contribution in [0.5, 0.6) is 0 Å². The third-order valence-corrected chi connectivity index (χ3v) is 3.08. The third kappa shape index (κ3) is 1.71. The summed E-state index contributed by atoms with van der Waals surface area (Å²) in [7, 11) is 0. The lowest BCUT2D eigenvalue weighted by Gasteiger charge is -2.02. The van der Waals surface area contributed by atoms with E-state index in [1.54, 1.807) is 0 Å². The minimum atomic E-state index is -0.415. The Kier molecular flexibility index (Phi) is 2.28.